The van der Waals surface area contributed by atoms with E-state index in [4.69, 9.17) is 0 Å². The molecule has 1 aromatic carbocycles. The molecule has 114 valence electrons. The number of carbonyl (C=O) groups excluding carboxylic acids is 1. The lowest BCUT2D eigenvalue weighted by molar-refractivity contribution is -0.127. The van der Waals surface area contributed by atoms with Crippen LogP contribution in [-0.2, 0) is 14.8 Å². The Labute approximate surface area is 123 Å². The van der Waals surface area contributed by atoms with Crippen molar-refractivity contribution in [3.8, 4) is 0 Å². The Morgan fingerprint density at radius 2 is 1.71 bits per heavy atom. The van der Waals surface area contributed by atoms with E-state index in [-0.39, 0.29) is 23.9 Å². The number of hydrogen-bond acceptors (Lipinski definition) is 3. The largest absolute Gasteiger partial charge is 0.337 e. The zero-order chi connectivity index (χ0) is 15.5. The predicted octanol–water partition coefficient (Wildman–Crippen LogP) is 1.23. The fraction of sp³-hybridized carbons (Fsp3) is 0.357. The number of hydrogen-bond donors (Lipinski definition) is 0. The van der Waals surface area contributed by atoms with Gasteiger partial charge in [0, 0.05) is 26.2 Å². The van der Waals surface area contributed by atoms with E-state index in [1.165, 1.54) is 22.5 Å². The summed E-state index contributed by atoms with van der Waals surface area (Å²) < 4.78 is 39.0. The van der Waals surface area contributed by atoms with Gasteiger partial charge in [0.15, 0.2) is 0 Å². The van der Waals surface area contributed by atoms with Gasteiger partial charge in [0.05, 0.1) is 4.90 Å². The third kappa shape index (κ3) is 3.48. The van der Waals surface area contributed by atoms with E-state index in [9.17, 15) is 17.6 Å². The molecular weight excluding hydrogens is 295 g/mol. The van der Waals surface area contributed by atoms with Gasteiger partial charge in [-0.1, -0.05) is 6.08 Å². The Bertz CT molecular complexity index is 633. The molecule has 0 saturated carbocycles. The molecule has 0 spiro atoms. The third-order valence-corrected chi connectivity index (χ3v) is 5.22. The zero-order valence-electron chi connectivity index (χ0n) is 11.7. The van der Waals surface area contributed by atoms with E-state index < -0.39 is 15.8 Å². The van der Waals surface area contributed by atoms with Crippen molar-refractivity contribution in [1.82, 2.24) is 9.21 Å². The van der Waals surface area contributed by atoms with Crippen LogP contribution in [0.5, 0.6) is 0 Å². The lowest BCUT2D eigenvalue weighted by atomic mass is 10.3. The Hall–Kier alpha value is -1.73. The molecule has 1 saturated heterocycles. The summed E-state index contributed by atoms with van der Waals surface area (Å²) in [6.07, 6.45) is 3.12. The minimum Gasteiger partial charge on any atom is -0.337 e. The minimum atomic E-state index is -3.63. The molecule has 0 bridgehead atoms. The molecule has 0 atom stereocenters. The summed E-state index contributed by atoms with van der Waals surface area (Å²) in [7, 11) is -3.63. The van der Waals surface area contributed by atoms with Crippen molar-refractivity contribution in [3.05, 3.63) is 42.2 Å². The first kappa shape index (κ1) is 15.7. The molecule has 1 fully saturated rings. The number of carbonyl (C=O) groups is 1. The molecule has 0 aromatic heterocycles. The third-order valence-electron chi connectivity index (χ3n) is 3.31. The van der Waals surface area contributed by atoms with E-state index in [2.05, 4.69) is 0 Å². The fourth-order valence-corrected chi connectivity index (χ4v) is 3.57. The molecule has 0 N–H and O–H groups in total. The van der Waals surface area contributed by atoms with Gasteiger partial charge in [0.1, 0.15) is 5.82 Å². The number of rotatable bonds is 3. The van der Waals surface area contributed by atoms with Gasteiger partial charge in [-0.2, -0.15) is 4.31 Å². The van der Waals surface area contributed by atoms with Crippen LogP contribution in [0.3, 0.4) is 0 Å². The summed E-state index contributed by atoms with van der Waals surface area (Å²) >= 11 is 0. The number of nitrogens with zero attached hydrogens (tertiary/aromatic N) is 2. The van der Waals surface area contributed by atoms with Gasteiger partial charge in [-0.15, -0.1) is 0 Å². The molecule has 0 unspecified atom stereocenters. The fourth-order valence-electron chi connectivity index (χ4n) is 2.15. The first-order valence-electron chi connectivity index (χ1n) is 6.62. The number of piperazine rings is 1. The van der Waals surface area contributed by atoms with Crippen LogP contribution in [0.2, 0.25) is 0 Å². The monoisotopic (exact) mass is 312 g/mol. The van der Waals surface area contributed by atoms with Gasteiger partial charge < -0.3 is 4.90 Å². The Morgan fingerprint density at radius 3 is 2.24 bits per heavy atom. The van der Waals surface area contributed by atoms with Crippen LogP contribution in [0.1, 0.15) is 6.92 Å². The summed E-state index contributed by atoms with van der Waals surface area (Å²) in [4.78, 5) is 13.4. The molecule has 1 amide bonds. The van der Waals surface area contributed by atoms with Crippen LogP contribution >= 0.6 is 0 Å². The topological polar surface area (TPSA) is 57.7 Å². The summed E-state index contributed by atoms with van der Waals surface area (Å²) in [5, 5.41) is 0. The van der Waals surface area contributed by atoms with E-state index >= 15 is 0 Å². The van der Waals surface area contributed by atoms with E-state index in [1.807, 2.05) is 0 Å². The van der Waals surface area contributed by atoms with Crippen LogP contribution in [0.15, 0.2) is 41.3 Å². The predicted molar refractivity (Wildman–Crippen MR) is 76.6 cm³/mol. The Morgan fingerprint density at radius 1 is 1.14 bits per heavy atom. The highest BCUT2D eigenvalue weighted by Gasteiger charge is 2.29. The van der Waals surface area contributed by atoms with Crippen molar-refractivity contribution < 1.29 is 17.6 Å². The summed E-state index contributed by atoms with van der Waals surface area (Å²) in [5.41, 5.74) is 0. The summed E-state index contributed by atoms with van der Waals surface area (Å²) in [5.74, 6) is -0.591. The zero-order valence-corrected chi connectivity index (χ0v) is 12.5. The van der Waals surface area contributed by atoms with Crippen LogP contribution in [0, 0.1) is 5.82 Å². The summed E-state index contributed by atoms with van der Waals surface area (Å²) in [6, 6.07) is 4.75. The van der Waals surface area contributed by atoms with E-state index in [0.717, 1.165) is 12.1 Å². The minimum absolute atomic E-state index is 0.0668. The molecule has 5 nitrogen and oxygen atoms in total. The average molecular weight is 312 g/mol. The second-order valence-electron chi connectivity index (χ2n) is 4.68. The van der Waals surface area contributed by atoms with Crippen molar-refractivity contribution in [2.24, 2.45) is 0 Å². The smallest absolute Gasteiger partial charge is 0.246 e. The van der Waals surface area contributed by atoms with Crippen molar-refractivity contribution in [3.63, 3.8) is 0 Å². The Kier molecular flexibility index (Phi) is 4.74. The molecular formula is C14H17FN2O3S. The highest BCUT2D eigenvalue weighted by molar-refractivity contribution is 7.89. The van der Waals surface area contributed by atoms with Crippen LogP contribution in [0.25, 0.3) is 0 Å². The van der Waals surface area contributed by atoms with Gasteiger partial charge in [-0.3, -0.25) is 4.79 Å². The highest BCUT2D eigenvalue weighted by atomic mass is 32.2. The molecule has 7 heteroatoms. The van der Waals surface area contributed by atoms with Gasteiger partial charge in [-0.25, -0.2) is 12.8 Å². The summed E-state index contributed by atoms with van der Waals surface area (Å²) in [6.45, 7) is 2.94. The number of halogens is 1. The first-order chi connectivity index (χ1) is 9.95. The maximum absolute atomic E-state index is 12.9. The molecule has 1 heterocycles. The lowest BCUT2D eigenvalue weighted by Gasteiger charge is -2.33. The van der Waals surface area contributed by atoms with Gasteiger partial charge in [0.25, 0.3) is 0 Å². The number of sulfonamides is 1. The second-order valence-corrected chi connectivity index (χ2v) is 6.62. The van der Waals surface area contributed by atoms with Gasteiger partial charge in [0.2, 0.25) is 15.9 Å². The molecule has 1 aromatic rings. The average Bonchev–Trinajstić information content (AvgIpc) is 2.48. The lowest BCUT2D eigenvalue weighted by Crippen LogP contribution is -2.50. The number of benzene rings is 1. The van der Waals surface area contributed by atoms with Crippen molar-refractivity contribution >= 4 is 15.9 Å². The molecule has 1 aliphatic heterocycles. The number of amides is 1. The van der Waals surface area contributed by atoms with Gasteiger partial charge >= 0.3 is 0 Å². The van der Waals surface area contributed by atoms with Gasteiger partial charge in [-0.05, 0) is 37.3 Å². The van der Waals surface area contributed by atoms with Crippen LogP contribution in [0.4, 0.5) is 4.39 Å². The molecule has 0 radical (unpaired) electrons. The van der Waals surface area contributed by atoms with E-state index in [0.29, 0.717) is 13.1 Å². The SMILES string of the molecule is C/C=C/C(=O)N1CCN(S(=O)(=O)c2ccc(F)cc2)CC1. The normalized spacial score (nSPS) is 17.3. The molecule has 21 heavy (non-hydrogen) atoms. The van der Waals surface area contributed by atoms with Crippen LogP contribution < -0.4 is 0 Å². The quantitative estimate of drug-likeness (QED) is 0.789. The second kappa shape index (κ2) is 6.36. The molecule has 1 aliphatic rings. The maximum atomic E-state index is 12.9. The maximum Gasteiger partial charge on any atom is 0.246 e. The highest BCUT2D eigenvalue weighted by Crippen LogP contribution is 2.18. The van der Waals surface area contributed by atoms with Crippen molar-refractivity contribution in [1.29, 1.82) is 0 Å². The van der Waals surface area contributed by atoms with Crippen molar-refractivity contribution in [2.45, 2.75) is 11.8 Å². The molecule has 0 aliphatic carbocycles. The molecule has 2 rings (SSSR count). The van der Waals surface area contributed by atoms with Crippen LogP contribution in [-0.4, -0.2) is 49.7 Å². The van der Waals surface area contributed by atoms with Crippen molar-refractivity contribution in [2.75, 3.05) is 26.2 Å². The Balaban J connectivity index is 2.07. The number of allylic oxidation sites excluding steroid dienone is 1. The standard InChI is InChI=1S/C14H17FN2O3S/c1-2-3-14(18)16-8-10-17(11-9-16)21(19,20)13-6-4-12(15)5-7-13/h2-7H,8-11H2,1H3/b3-2+. The van der Waals surface area contributed by atoms with E-state index in [1.54, 1.807) is 17.9 Å². The first-order valence-corrected chi connectivity index (χ1v) is 8.06.